The van der Waals surface area contributed by atoms with Crippen molar-refractivity contribution in [3.05, 3.63) is 112 Å². The Kier molecular flexibility index (Phi) is 5.18. The van der Waals surface area contributed by atoms with Crippen molar-refractivity contribution in [1.29, 1.82) is 0 Å². The number of rotatable bonds is 5. The largest absolute Gasteiger partial charge is 0.503 e. The molecule has 1 unspecified atom stereocenters. The maximum absolute atomic E-state index is 14.9. The number of halogens is 2. The van der Waals surface area contributed by atoms with Crippen LogP contribution in [0.25, 0.3) is 11.0 Å². The van der Waals surface area contributed by atoms with E-state index in [-0.39, 0.29) is 23.4 Å². The van der Waals surface area contributed by atoms with Gasteiger partial charge in [-0.15, -0.1) is 0 Å². The molecule has 0 bridgehead atoms. The van der Waals surface area contributed by atoms with Crippen LogP contribution in [0.2, 0.25) is 5.02 Å². The second kappa shape index (κ2) is 8.18. The van der Waals surface area contributed by atoms with Gasteiger partial charge in [0.25, 0.3) is 5.91 Å². The molecule has 1 N–H and O–H groups in total. The van der Waals surface area contributed by atoms with Crippen molar-refractivity contribution < 1.29 is 23.5 Å². The lowest BCUT2D eigenvalue weighted by atomic mass is 9.94. The lowest BCUT2D eigenvalue weighted by Crippen LogP contribution is -2.31. The number of amides is 1. The second-order valence-electron chi connectivity index (χ2n) is 7.60. The van der Waals surface area contributed by atoms with E-state index in [0.717, 1.165) is 0 Å². The molecule has 1 atom stereocenters. The smallest absolute Gasteiger partial charge is 0.290 e. The Bertz CT molecular complexity index is 1430. The maximum Gasteiger partial charge on any atom is 0.290 e. The number of benzene rings is 2. The fourth-order valence-electron chi connectivity index (χ4n) is 4.02. The molecule has 1 aliphatic heterocycles. The Morgan fingerprint density at radius 3 is 2.73 bits per heavy atom. The number of Topliss-reactive ketones (excluding diaryl/α,β-unsaturated/α-hetero) is 1. The van der Waals surface area contributed by atoms with Crippen LogP contribution >= 0.6 is 11.6 Å². The number of ketones is 1. The van der Waals surface area contributed by atoms with E-state index >= 15 is 0 Å². The summed E-state index contributed by atoms with van der Waals surface area (Å²) in [5.41, 5.74) is 0.911. The Hall–Kier alpha value is -3.97. The van der Waals surface area contributed by atoms with Gasteiger partial charge in [-0.3, -0.25) is 14.6 Å². The van der Waals surface area contributed by atoms with E-state index in [1.807, 2.05) is 0 Å². The summed E-state index contributed by atoms with van der Waals surface area (Å²) in [7, 11) is 0. The minimum atomic E-state index is -1.15. The van der Waals surface area contributed by atoms with Crippen molar-refractivity contribution in [1.82, 2.24) is 9.88 Å². The monoisotopic (exact) mass is 462 g/mol. The number of furan rings is 1. The molecular formula is C25H16ClFN2O4. The molecule has 2 aromatic heterocycles. The van der Waals surface area contributed by atoms with E-state index in [0.29, 0.717) is 21.6 Å². The zero-order chi connectivity index (χ0) is 23.1. The lowest BCUT2D eigenvalue weighted by Gasteiger charge is -2.27. The van der Waals surface area contributed by atoms with Crippen LogP contribution in [0.3, 0.4) is 0 Å². The third-order valence-corrected chi connectivity index (χ3v) is 5.76. The van der Waals surface area contributed by atoms with E-state index in [1.54, 1.807) is 48.8 Å². The molecule has 5 rings (SSSR count). The molecule has 6 nitrogen and oxygen atoms in total. The number of pyridine rings is 1. The first-order valence-electron chi connectivity index (χ1n) is 10.1. The first-order valence-corrected chi connectivity index (χ1v) is 10.4. The molecule has 1 amide bonds. The summed E-state index contributed by atoms with van der Waals surface area (Å²) in [4.78, 5) is 31.8. The van der Waals surface area contributed by atoms with Crippen LogP contribution in [0.4, 0.5) is 4.39 Å². The Balaban J connectivity index is 1.62. The van der Waals surface area contributed by atoms with Gasteiger partial charge >= 0.3 is 0 Å². The molecule has 8 heteroatoms. The van der Waals surface area contributed by atoms with Gasteiger partial charge in [0, 0.05) is 34.9 Å². The Morgan fingerprint density at radius 2 is 1.97 bits per heavy atom. The summed E-state index contributed by atoms with van der Waals surface area (Å²) >= 11 is 6.02. The zero-order valence-corrected chi connectivity index (χ0v) is 17.8. The van der Waals surface area contributed by atoms with Crippen molar-refractivity contribution >= 4 is 34.3 Å². The maximum atomic E-state index is 14.9. The number of fused-ring (bicyclic) bond motifs is 1. The third-order valence-electron chi connectivity index (χ3n) is 5.53. The van der Waals surface area contributed by atoms with Crippen molar-refractivity contribution in [2.24, 2.45) is 0 Å². The van der Waals surface area contributed by atoms with Crippen LogP contribution in [0.15, 0.2) is 88.8 Å². The molecule has 1 aliphatic rings. The number of carbonyl (C=O) groups is 2. The number of hydrogen-bond acceptors (Lipinski definition) is 5. The van der Waals surface area contributed by atoms with E-state index in [9.17, 15) is 19.1 Å². The van der Waals surface area contributed by atoms with Gasteiger partial charge in [-0.2, -0.15) is 0 Å². The van der Waals surface area contributed by atoms with E-state index in [1.165, 1.54) is 29.2 Å². The first-order chi connectivity index (χ1) is 15.9. The molecule has 3 heterocycles. The molecule has 164 valence electrons. The Labute approximate surface area is 192 Å². The lowest BCUT2D eigenvalue weighted by molar-refractivity contribution is -0.130. The molecule has 2 aromatic carbocycles. The third kappa shape index (κ3) is 3.66. The van der Waals surface area contributed by atoms with Crippen LogP contribution in [0, 0.1) is 5.82 Å². The fourth-order valence-corrected chi connectivity index (χ4v) is 4.20. The van der Waals surface area contributed by atoms with Crippen molar-refractivity contribution in [2.45, 2.75) is 12.6 Å². The van der Waals surface area contributed by atoms with Gasteiger partial charge in [0.15, 0.2) is 11.5 Å². The van der Waals surface area contributed by atoms with Gasteiger partial charge < -0.3 is 14.4 Å². The molecule has 0 saturated carbocycles. The minimum Gasteiger partial charge on any atom is -0.503 e. The van der Waals surface area contributed by atoms with E-state index in [4.69, 9.17) is 16.0 Å². The summed E-state index contributed by atoms with van der Waals surface area (Å²) in [5.74, 6) is -2.94. The van der Waals surface area contributed by atoms with E-state index in [2.05, 4.69) is 4.98 Å². The highest BCUT2D eigenvalue weighted by Gasteiger charge is 2.45. The predicted octanol–water partition coefficient (Wildman–Crippen LogP) is 5.40. The number of aliphatic hydroxyl groups is 1. The number of aromatic nitrogens is 1. The van der Waals surface area contributed by atoms with Gasteiger partial charge in [0.1, 0.15) is 11.4 Å². The van der Waals surface area contributed by atoms with Crippen molar-refractivity contribution in [3.63, 3.8) is 0 Å². The van der Waals surface area contributed by atoms with Crippen LogP contribution in [-0.2, 0) is 11.3 Å². The summed E-state index contributed by atoms with van der Waals surface area (Å²) in [5, 5.41) is 11.8. The molecular weight excluding hydrogens is 447 g/mol. The highest BCUT2D eigenvalue weighted by Crippen LogP contribution is 2.41. The molecule has 0 saturated heterocycles. The molecule has 0 aliphatic carbocycles. The predicted molar refractivity (Wildman–Crippen MR) is 119 cm³/mol. The standard InChI is InChI=1S/C25H16ClFN2O4/c26-16-7-8-19-15(10-16)11-20(33-19)23(30)21-22(17-5-1-2-6-18(17)27)29(25(32)24(21)31)13-14-4-3-9-28-12-14/h1-12,22,31H,13H2. The molecule has 0 radical (unpaired) electrons. The summed E-state index contributed by atoms with van der Waals surface area (Å²) in [6, 6.07) is 14.5. The SMILES string of the molecule is O=C(C1=C(O)C(=O)N(Cc2cccnc2)C1c1ccccc1F)c1cc2cc(Cl)ccc2o1. The number of hydrogen-bond donors (Lipinski definition) is 1. The molecule has 33 heavy (non-hydrogen) atoms. The zero-order valence-electron chi connectivity index (χ0n) is 17.0. The first kappa shape index (κ1) is 20.9. The normalized spacial score (nSPS) is 16.1. The summed E-state index contributed by atoms with van der Waals surface area (Å²) in [6.45, 7) is 0.0161. The number of carbonyl (C=O) groups excluding carboxylic acids is 2. The average Bonchev–Trinajstić information content (AvgIpc) is 3.34. The Morgan fingerprint density at radius 1 is 1.15 bits per heavy atom. The molecule has 4 aromatic rings. The van der Waals surface area contributed by atoms with Crippen molar-refractivity contribution in [2.75, 3.05) is 0 Å². The van der Waals surface area contributed by atoms with Gasteiger partial charge in [0.05, 0.1) is 11.6 Å². The topological polar surface area (TPSA) is 83.6 Å². The van der Waals surface area contributed by atoms with Gasteiger partial charge in [0.2, 0.25) is 5.78 Å². The van der Waals surface area contributed by atoms with Crippen LogP contribution < -0.4 is 0 Å². The quantitative estimate of drug-likeness (QED) is 0.401. The van der Waals surface area contributed by atoms with Gasteiger partial charge in [-0.05, 0) is 42.0 Å². The second-order valence-corrected chi connectivity index (χ2v) is 8.04. The van der Waals surface area contributed by atoms with Gasteiger partial charge in [-0.1, -0.05) is 35.9 Å². The van der Waals surface area contributed by atoms with Crippen LogP contribution in [0.5, 0.6) is 0 Å². The van der Waals surface area contributed by atoms with Gasteiger partial charge in [-0.25, -0.2) is 4.39 Å². The summed E-state index contributed by atoms with van der Waals surface area (Å²) in [6.07, 6.45) is 3.15. The summed E-state index contributed by atoms with van der Waals surface area (Å²) < 4.78 is 20.5. The molecule has 0 spiro atoms. The number of nitrogens with zero attached hydrogens (tertiary/aromatic N) is 2. The van der Waals surface area contributed by atoms with Crippen molar-refractivity contribution in [3.8, 4) is 0 Å². The average molecular weight is 463 g/mol. The minimum absolute atomic E-state index is 0.0161. The van der Waals surface area contributed by atoms with E-state index < -0.39 is 29.3 Å². The van der Waals surface area contributed by atoms with Crippen LogP contribution in [-0.4, -0.2) is 26.7 Å². The highest BCUT2D eigenvalue weighted by molar-refractivity contribution is 6.31. The highest BCUT2D eigenvalue weighted by atomic mass is 35.5. The van der Waals surface area contributed by atoms with Crippen LogP contribution in [0.1, 0.15) is 27.7 Å². The fraction of sp³-hybridized carbons (Fsp3) is 0.0800. The number of aliphatic hydroxyl groups excluding tert-OH is 1. The molecule has 0 fully saturated rings.